The van der Waals surface area contributed by atoms with Gasteiger partial charge in [-0.15, -0.1) is 0 Å². The van der Waals surface area contributed by atoms with E-state index in [0.29, 0.717) is 0 Å². The van der Waals surface area contributed by atoms with Crippen molar-refractivity contribution in [1.29, 1.82) is 5.26 Å². The summed E-state index contributed by atoms with van der Waals surface area (Å²) in [6, 6.07) is 10.6. The van der Waals surface area contributed by atoms with Crippen molar-refractivity contribution in [2.75, 3.05) is 6.61 Å². The van der Waals surface area contributed by atoms with Crippen molar-refractivity contribution in [2.24, 2.45) is 5.73 Å². The van der Waals surface area contributed by atoms with Crippen LogP contribution in [0.1, 0.15) is 5.56 Å². The number of carboxylic acid groups (broad SMARTS) is 1. The standard InChI is InChI=1S/C8H8.C4H6.C3H7NO3.C3H3N/c1-2-8-6-4-3-5-7-8;1-3-4-2;4-2(1-5)3(6)7;1-2-3-4/h2-7H,1H2;3-4H,1-2H2;2,5H,1,4H2,(H,6,7);2H,1H2/t;;2-;/m..0./s1. The monoisotopic (exact) mass is 316 g/mol. The van der Waals surface area contributed by atoms with E-state index in [4.69, 9.17) is 21.2 Å². The average molecular weight is 316 g/mol. The first-order valence-electron chi connectivity index (χ1n) is 6.45. The molecule has 0 fully saturated rings. The third kappa shape index (κ3) is 24.5. The van der Waals surface area contributed by atoms with E-state index in [1.807, 2.05) is 36.4 Å². The van der Waals surface area contributed by atoms with Crippen LogP contribution in [0.2, 0.25) is 0 Å². The minimum atomic E-state index is -1.18. The number of carboxylic acids is 1. The zero-order valence-corrected chi connectivity index (χ0v) is 13.1. The minimum absolute atomic E-state index is 0.505. The van der Waals surface area contributed by atoms with E-state index < -0.39 is 18.6 Å². The minimum Gasteiger partial charge on any atom is -0.480 e. The van der Waals surface area contributed by atoms with Crippen LogP contribution in [0.4, 0.5) is 0 Å². The predicted octanol–water partition coefficient (Wildman–Crippen LogP) is 2.77. The van der Waals surface area contributed by atoms with Crippen LogP contribution < -0.4 is 5.73 Å². The SMILES string of the molecule is C=CC#N.C=CC=C.C=Cc1ccccc1.N[C@@H](CO)C(=O)O. The lowest BCUT2D eigenvalue weighted by Gasteiger charge is -1.96. The lowest BCUT2D eigenvalue weighted by Crippen LogP contribution is -2.33. The van der Waals surface area contributed by atoms with Crippen molar-refractivity contribution in [2.45, 2.75) is 6.04 Å². The van der Waals surface area contributed by atoms with Gasteiger partial charge in [0.15, 0.2) is 0 Å². The number of benzene rings is 1. The molecule has 0 unspecified atom stereocenters. The predicted molar refractivity (Wildman–Crippen MR) is 95.4 cm³/mol. The summed E-state index contributed by atoms with van der Waals surface area (Å²) in [4.78, 5) is 9.65. The molecule has 0 saturated carbocycles. The Kier molecular flexibility index (Phi) is 23.3. The molecule has 1 aromatic carbocycles. The van der Waals surface area contributed by atoms with Crippen molar-refractivity contribution in [3.05, 3.63) is 80.4 Å². The molecule has 5 nitrogen and oxygen atoms in total. The molecule has 0 spiro atoms. The van der Waals surface area contributed by atoms with Crippen molar-refractivity contribution >= 4 is 12.0 Å². The van der Waals surface area contributed by atoms with Gasteiger partial charge in [0.25, 0.3) is 0 Å². The molecule has 0 saturated heterocycles. The van der Waals surface area contributed by atoms with E-state index in [1.54, 1.807) is 18.2 Å². The molecule has 0 radical (unpaired) electrons. The van der Waals surface area contributed by atoms with Gasteiger partial charge in [-0.3, -0.25) is 4.79 Å². The van der Waals surface area contributed by atoms with Gasteiger partial charge in [-0.2, -0.15) is 5.26 Å². The van der Waals surface area contributed by atoms with Gasteiger partial charge in [0.2, 0.25) is 0 Å². The van der Waals surface area contributed by atoms with E-state index in [-0.39, 0.29) is 0 Å². The smallest absolute Gasteiger partial charge is 0.322 e. The van der Waals surface area contributed by atoms with Crippen LogP contribution >= 0.6 is 0 Å². The molecule has 0 bridgehead atoms. The Morgan fingerprint density at radius 3 is 1.78 bits per heavy atom. The summed E-state index contributed by atoms with van der Waals surface area (Å²) in [7, 11) is 0. The third-order valence-electron chi connectivity index (χ3n) is 1.81. The van der Waals surface area contributed by atoms with Gasteiger partial charge in [0.05, 0.1) is 12.7 Å². The Bertz CT molecular complexity index is 485. The maximum absolute atomic E-state index is 9.65. The van der Waals surface area contributed by atoms with Crippen molar-refractivity contribution in [3.8, 4) is 6.07 Å². The normalized spacial score (nSPS) is 8.57. The van der Waals surface area contributed by atoms with Gasteiger partial charge < -0.3 is 15.9 Å². The number of carbonyl (C=O) groups is 1. The summed E-state index contributed by atoms with van der Waals surface area (Å²) in [6.07, 6.45) is 6.29. The lowest BCUT2D eigenvalue weighted by atomic mass is 10.2. The Morgan fingerprint density at radius 2 is 1.65 bits per heavy atom. The molecule has 1 atom stereocenters. The second kappa shape index (κ2) is 21.4. The molecule has 0 aliphatic heterocycles. The van der Waals surface area contributed by atoms with Crippen LogP contribution in [0.15, 0.2) is 74.9 Å². The van der Waals surface area contributed by atoms with Crippen LogP contribution in [0.25, 0.3) is 6.08 Å². The number of aliphatic hydroxyl groups is 1. The second-order valence-corrected chi connectivity index (χ2v) is 3.55. The molecular weight excluding hydrogens is 292 g/mol. The molecule has 0 heterocycles. The first-order valence-corrected chi connectivity index (χ1v) is 6.45. The van der Waals surface area contributed by atoms with Gasteiger partial charge in [-0.1, -0.05) is 74.9 Å². The Morgan fingerprint density at radius 1 is 1.22 bits per heavy atom. The average Bonchev–Trinajstić information content (AvgIpc) is 2.62. The van der Waals surface area contributed by atoms with Crippen LogP contribution in [0, 0.1) is 11.3 Å². The molecular formula is C18H24N2O3. The lowest BCUT2D eigenvalue weighted by molar-refractivity contribution is -0.139. The molecule has 1 aromatic rings. The maximum atomic E-state index is 9.65. The van der Waals surface area contributed by atoms with Crippen LogP contribution in [-0.4, -0.2) is 28.8 Å². The largest absolute Gasteiger partial charge is 0.480 e. The highest BCUT2D eigenvalue weighted by molar-refractivity contribution is 5.73. The summed E-state index contributed by atoms with van der Waals surface area (Å²) in [5, 5.41) is 23.4. The number of aliphatic hydroxyl groups excluding tert-OH is 1. The van der Waals surface area contributed by atoms with Crippen molar-refractivity contribution in [3.63, 3.8) is 0 Å². The first-order chi connectivity index (χ1) is 10.9. The summed E-state index contributed by atoms with van der Waals surface area (Å²) in [5.41, 5.74) is 5.94. The van der Waals surface area contributed by atoms with Gasteiger partial charge in [-0.05, 0) is 5.56 Å². The fourth-order valence-electron chi connectivity index (χ4n) is 0.667. The highest BCUT2D eigenvalue weighted by Crippen LogP contribution is 1.97. The van der Waals surface area contributed by atoms with Gasteiger partial charge in [0, 0.05) is 6.08 Å². The maximum Gasteiger partial charge on any atom is 0.322 e. The summed E-state index contributed by atoms with van der Waals surface area (Å²) in [6.45, 7) is 13.0. The Hall–Kier alpha value is -2.94. The molecule has 1 rings (SSSR count). The fourth-order valence-corrected chi connectivity index (χ4v) is 0.667. The number of hydrogen-bond donors (Lipinski definition) is 3. The third-order valence-corrected chi connectivity index (χ3v) is 1.81. The van der Waals surface area contributed by atoms with Crippen LogP contribution in [-0.2, 0) is 4.79 Å². The number of hydrogen-bond acceptors (Lipinski definition) is 4. The van der Waals surface area contributed by atoms with E-state index in [9.17, 15) is 4.79 Å². The molecule has 0 aromatic heterocycles. The van der Waals surface area contributed by atoms with Crippen LogP contribution in [0.3, 0.4) is 0 Å². The van der Waals surface area contributed by atoms with Crippen LogP contribution in [0.5, 0.6) is 0 Å². The summed E-state index contributed by atoms with van der Waals surface area (Å²) >= 11 is 0. The van der Waals surface area contributed by atoms with E-state index in [0.717, 1.165) is 0 Å². The van der Waals surface area contributed by atoms with E-state index >= 15 is 0 Å². The topological polar surface area (TPSA) is 107 Å². The van der Waals surface area contributed by atoms with Gasteiger partial charge in [-0.25, -0.2) is 0 Å². The molecule has 4 N–H and O–H groups in total. The van der Waals surface area contributed by atoms with E-state index in [1.165, 1.54) is 11.6 Å². The van der Waals surface area contributed by atoms with E-state index in [2.05, 4.69) is 26.3 Å². The van der Waals surface area contributed by atoms with Gasteiger partial charge in [0.1, 0.15) is 6.04 Å². The fraction of sp³-hybridized carbons (Fsp3) is 0.111. The Labute approximate surface area is 138 Å². The molecule has 0 amide bonds. The number of allylic oxidation sites excluding steroid dienone is 3. The molecule has 0 aliphatic carbocycles. The highest BCUT2D eigenvalue weighted by Gasteiger charge is 2.06. The zero-order chi connectivity index (χ0) is 18.5. The number of nitrogens with zero attached hydrogens (tertiary/aromatic N) is 1. The molecule has 124 valence electrons. The first kappa shape index (κ1) is 25.0. The van der Waals surface area contributed by atoms with Gasteiger partial charge >= 0.3 is 5.97 Å². The second-order valence-electron chi connectivity index (χ2n) is 3.55. The highest BCUT2D eigenvalue weighted by atomic mass is 16.4. The van der Waals surface area contributed by atoms with Crippen molar-refractivity contribution < 1.29 is 15.0 Å². The van der Waals surface area contributed by atoms with Crippen molar-refractivity contribution in [1.82, 2.24) is 0 Å². The number of rotatable bonds is 4. The molecule has 23 heavy (non-hydrogen) atoms. The summed E-state index contributed by atoms with van der Waals surface area (Å²) < 4.78 is 0. The Balaban J connectivity index is -0.000000245. The zero-order valence-electron chi connectivity index (χ0n) is 13.1. The number of aliphatic carboxylic acids is 1. The molecule has 0 aliphatic rings. The number of nitrogens with two attached hydrogens (primary N) is 1. The number of nitriles is 1. The summed E-state index contributed by atoms with van der Waals surface area (Å²) in [5.74, 6) is -1.18. The molecule has 5 heteroatoms. The quantitative estimate of drug-likeness (QED) is 0.585.